The fraction of sp³-hybridized carbons (Fsp3) is 0.241. The molecule has 10 heteroatoms. The molecular weight excluding hydrogens is 567 g/mol. The van der Waals surface area contributed by atoms with Gasteiger partial charge in [-0.15, -0.1) is 0 Å². The zero-order chi connectivity index (χ0) is 28.4. The van der Waals surface area contributed by atoms with Gasteiger partial charge in [0.25, 0.3) is 11.8 Å². The number of rotatable bonds is 11. The number of carbonyl (C=O) groups is 2. The summed E-state index contributed by atoms with van der Waals surface area (Å²) >= 11 is 3.50. The van der Waals surface area contributed by atoms with Crippen LogP contribution in [-0.4, -0.2) is 30.7 Å². The van der Waals surface area contributed by atoms with Gasteiger partial charge in [-0.05, 0) is 64.7 Å². The van der Waals surface area contributed by atoms with Gasteiger partial charge in [-0.1, -0.05) is 44.2 Å². The normalized spacial score (nSPS) is 11.6. The molecule has 0 saturated heterocycles. The molecule has 1 atom stereocenters. The van der Waals surface area contributed by atoms with Gasteiger partial charge >= 0.3 is 0 Å². The molecule has 3 aromatic rings. The molecule has 0 heterocycles. The van der Waals surface area contributed by atoms with Crippen molar-refractivity contribution in [3.05, 3.63) is 93.2 Å². The average molecular weight is 595 g/mol. The first kappa shape index (κ1) is 29.3. The Morgan fingerprint density at radius 3 is 2.54 bits per heavy atom. The van der Waals surface area contributed by atoms with Gasteiger partial charge in [0.1, 0.15) is 18.5 Å². The Labute approximate surface area is 235 Å². The average Bonchev–Trinajstić information content (AvgIpc) is 2.91. The minimum absolute atomic E-state index is 0.147. The minimum atomic E-state index is -0.938. The van der Waals surface area contributed by atoms with E-state index in [1.807, 2.05) is 19.1 Å². The van der Waals surface area contributed by atoms with Crippen LogP contribution in [0, 0.1) is 23.1 Å². The number of benzene rings is 3. The predicted octanol–water partition coefficient (Wildman–Crippen LogP) is 5.34. The lowest BCUT2D eigenvalue weighted by molar-refractivity contribution is -0.123. The topological polar surface area (TPSA) is 113 Å². The molecule has 8 nitrogen and oxygen atoms in total. The molecule has 0 aliphatic rings. The third kappa shape index (κ3) is 7.88. The highest BCUT2D eigenvalue weighted by Gasteiger charge is 2.25. The molecule has 0 aromatic heterocycles. The van der Waals surface area contributed by atoms with Crippen molar-refractivity contribution < 1.29 is 23.5 Å². The van der Waals surface area contributed by atoms with Gasteiger partial charge in [0.15, 0.2) is 11.5 Å². The maximum Gasteiger partial charge on any atom is 0.262 e. The van der Waals surface area contributed by atoms with Crippen LogP contribution in [-0.2, 0) is 11.4 Å². The first-order valence-electron chi connectivity index (χ1n) is 12.2. The summed E-state index contributed by atoms with van der Waals surface area (Å²) in [6.45, 7) is 5.91. The molecule has 2 amide bonds. The van der Waals surface area contributed by atoms with E-state index in [0.29, 0.717) is 33.7 Å². The number of hydrazone groups is 1. The second kappa shape index (κ2) is 14.1. The Morgan fingerprint density at radius 1 is 1.13 bits per heavy atom. The molecule has 0 fully saturated rings. The zero-order valence-corrected chi connectivity index (χ0v) is 23.3. The van der Waals surface area contributed by atoms with Crippen LogP contribution in [0.15, 0.2) is 70.2 Å². The van der Waals surface area contributed by atoms with E-state index in [1.165, 1.54) is 24.4 Å². The van der Waals surface area contributed by atoms with Crippen molar-refractivity contribution in [3.63, 3.8) is 0 Å². The van der Waals surface area contributed by atoms with Gasteiger partial charge in [0, 0.05) is 5.56 Å². The SMILES string of the molecule is CCOc1cc(/C=N/NC(=O)C(NC(=O)c2ccccc2F)C(C)C)cc(Br)c1OCc1ccccc1C#N. The fourth-order valence-electron chi connectivity index (χ4n) is 3.61. The molecule has 0 saturated carbocycles. The molecule has 3 rings (SSSR count). The summed E-state index contributed by atoms with van der Waals surface area (Å²) in [7, 11) is 0. The van der Waals surface area contributed by atoms with E-state index in [1.54, 1.807) is 44.2 Å². The molecule has 0 spiro atoms. The molecule has 0 aliphatic carbocycles. The Kier molecular flexibility index (Phi) is 10.6. The summed E-state index contributed by atoms with van der Waals surface area (Å²) in [5.41, 5.74) is 4.15. The summed E-state index contributed by atoms with van der Waals surface area (Å²) < 4.78 is 26.3. The predicted molar refractivity (Wildman–Crippen MR) is 149 cm³/mol. The number of nitrogens with zero attached hydrogens (tertiary/aromatic N) is 2. The Bertz CT molecular complexity index is 1400. The number of halogens is 2. The van der Waals surface area contributed by atoms with Crippen molar-refractivity contribution in [1.82, 2.24) is 10.7 Å². The second-order valence-electron chi connectivity index (χ2n) is 8.73. The molecule has 0 bridgehead atoms. The maximum atomic E-state index is 14.0. The van der Waals surface area contributed by atoms with E-state index in [9.17, 15) is 19.2 Å². The maximum absolute atomic E-state index is 14.0. The van der Waals surface area contributed by atoms with Gasteiger partial charge in [-0.2, -0.15) is 10.4 Å². The van der Waals surface area contributed by atoms with Crippen LogP contribution in [0.3, 0.4) is 0 Å². The lowest BCUT2D eigenvalue weighted by Gasteiger charge is -2.20. The minimum Gasteiger partial charge on any atom is -0.490 e. The molecular formula is C29H28BrFN4O4. The molecule has 202 valence electrons. The van der Waals surface area contributed by atoms with E-state index >= 15 is 0 Å². The number of nitrogens with one attached hydrogen (secondary N) is 2. The van der Waals surface area contributed by atoms with E-state index < -0.39 is 23.7 Å². The highest BCUT2D eigenvalue weighted by atomic mass is 79.9. The lowest BCUT2D eigenvalue weighted by Crippen LogP contribution is -2.48. The summed E-state index contributed by atoms with van der Waals surface area (Å²) in [5, 5.41) is 15.9. The van der Waals surface area contributed by atoms with E-state index in [-0.39, 0.29) is 18.1 Å². The quantitative estimate of drug-likeness (QED) is 0.230. The standard InChI is InChI=1S/C29H28BrFN4O4/c1-4-38-25-14-19(13-23(30)27(25)39-17-21-10-6-5-9-20(21)15-32)16-33-35-29(37)26(18(2)3)34-28(36)22-11-7-8-12-24(22)31/h5-14,16,18,26H,4,17H2,1-3H3,(H,34,36)(H,35,37)/b33-16+. The van der Waals surface area contributed by atoms with Crippen LogP contribution in [0.4, 0.5) is 4.39 Å². The second-order valence-corrected chi connectivity index (χ2v) is 9.58. The smallest absolute Gasteiger partial charge is 0.262 e. The number of ether oxygens (including phenoxy) is 2. The van der Waals surface area contributed by atoms with Crippen molar-refractivity contribution in [2.24, 2.45) is 11.0 Å². The molecule has 0 aliphatic heterocycles. The first-order chi connectivity index (χ1) is 18.7. The highest BCUT2D eigenvalue weighted by Crippen LogP contribution is 2.37. The molecule has 2 N–H and O–H groups in total. The summed E-state index contributed by atoms with van der Waals surface area (Å²) in [6, 6.07) is 17.4. The van der Waals surface area contributed by atoms with Crippen LogP contribution in [0.25, 0.3) is 0 Å². The van der Waals surface area contributed by atoms with Crippen molar-refractivity contribution in [3.8, 4) is 17.6 Å². The van der Waals surface area contributed by atoms with Gasteiger partial charge < -0.3 is 14.8 Å². The number of hydrogen-bond acceptors (Lipinski definition) is 6. The highest BCUT2D eigenvalue weighted by molar-refractivity contribution is 9.10. The van der Waals surface area contributed by atoms with Gasteiger partial charge in [0.05, 0.1) is 34.5 Å². The molecule has 0 radical (unpaired) electrons. The summed E-state index contributed by atoms with van der Waals surface area (Å²) in [4.78, 5) is 25.3. The van der Waals surface area contributed by atoms with Crippen LogP contribution < -0.4 is 20.2 Å². The van der Waals surface area contributed by atoms with Crippen molar-refractivity contribution in [2.45, 2.75) is 33.4 Å². The van der Waals surface area contributed by atoms with Crippen LogP contribution in [0.2, 0.25) is 0 Å². The van der Waals surface area contributed by atoms with Crippen molar-refractivity contribution in [2.75, 3.05) is 6.61 Å². The van der Waals surface area contributed by atoms with Gasteiger partial charge in [-0.25, -0.2) is 9.82 Å². The van der Waals surface area contributed by atoms with Crippen LogP contribution in [0.1, 0.15) is 47.8 Å². The Morgan fingerprint density at radius 2 is 1.85 bits per heavy atom. The van der Waals surface area contributed by atoms with Crippen molar-refractivity contribution in [1.29, 1.82) is 5.26 Å². The zero-order valence-electron chi connectivity index (χ0n) is 21.7. The number of nitriles is 1. The lowest BCUT2D eigenvalue weighted by atomic mass is 10.0. The number of carbonyl (C=O) groups excluding carboxylic acids is 2. The number of amides is 2. The number of hydrogen-bond donors (Lipinski definition) is 2. The fourth-order valence-corrected chi connectivity index (χ4v) is 4.18. The van der Waals surface area contributed by atoms with Crippen molar-refractivity contribution >= 4 is 34.0 Å². The van der Waals surface area contributed by atoms with Crippen LogP contribution in [0.5, 0.6) is 11.5 Å². The molecule has 39 heavy (non-hydrogen) atoms. The van der Waals surface area contributed by atoms with Gasteiger partial charge in [-0.3, -0.25) is 9.59 Å². The molecule has 3 aromatic carbocycles. The Hall–Kier alpha value is -4.23. The van der Waals surface area contributed by atoms with E-state index in [0.717, 1.165) is 5.56 Å². The van der Waals surface area contributed by atoms with E-state index in [2.05, 4.69) is 37.8 Å². The van der Waals surface area contributed by atoms with Crippen LogP contribution >= 0.6 is 15.9 Å². The van der Waals surface area contributed by atoms with Gasteiger partial charge in [0.2, 0.25) is 0 Å². The van der Waals surface area contributed by atoms with E-state index in [4.69, 9.17) is 9.47 Å². The monoisotopic (exact) mass is 594 g/mol. The summed E-state index contributed by atoms with van der Waals surface area (Å²) in [5.74, 6) is -1.28. The third-order valence-corrected chi connectivity index (χ3v) is 6.17. The molecule has 1 unspecified atom stereocenters. The summed E-state index contributed by atoms with van der Waals surface area (Å²) in [6.07, 6.45) is 1.43. The third-order valence-electron chi connectivity index (χ3n) is 5.58. The largest absolute Gasteiger partial charge is 0.490 e. The first-order valence-corrected chi connectivity index (χ1v) is 13.0. The Balaban J connectivity index is 1.71.